The van der Waals surface area contributed by atoms with Gasteiger partial charge in [0.2, 0.25) is 0 Å². The van der Waals surface area contributed by atoms with Crippen LogP contribution < -0.4 is 0 Å². The van der Waals surface area contributed by atoms with Crippen LogP contribution in [0, 0.1) is 13.8 Å². The van der Waals surface area contributed by atoms with Crippen LogP contribution in [0.4, 0.5) is 0 Å². The Morgan fingerprint density at radius 1 is 0.970 bits per heavy atom. The van der Waals surface area contributed by atoms with E-state index in [1.165, 1.54) is 23.3 Å². The van der Waals surface area contributed by atoms with Crippen molar-refractivity contribution < 1.29 is 0 Å². The third-order valence-corrected chi connectivity index (χ3v) is 6.71. The molecular formula is C26H24Cl2N4S. The van der Waals surface area contributed by atoms with Crippen LogP contribution >= 0.6 is 35.0 Å². The van der Waals surface area contributed by atoms with Crippen molar-refractivity contribution in [1.29, 1.82) is 0 Å². The summed E-state index contributed by atoms with van der Waals surface area (Å²) in [6.45, 7) is 6.20. The number of benzene rings is 1. The van der Waals surface area contributed by atoms with Gasteiger partial charge in [0.25, 0.3) is 0 Å². The maximum absolute atomic E-state index is 6.00. The molecule has 0 saturated carbocycles. The van der Waals surface area contributed by atoms with E-state index in [0.29, 0.717) is 10.3 Å². The van der Waals surface area contributed by atoms with Crippen LogP contribution in [-0.2, 0) is 0 Å². The SMILES string of the molecule is CC1=CC=C2N=CSC2C1.Cc1cc(Cl)c2ncccc2c1.Cc1cc(Cl)c2nccn2c1. The maximum atomic E-state index is 6.00. The fourth-order valence-electron chi connectivity index (χ4n) is 3.62. The lowest BCUT2D eigenvalue weighted by Gasteiger charge is -2.13. The molecule has 3 aromatic heterocycles. The van der Waals surface area contributed by atoms with Crippen LogP contribution in [0.1, 0.15) is 24.5 Å². The summed E-state index contributed by atoms with van der Waals surface area (Å²) in [4.78, 5) is 12.5. The molecule has 1 aliphatic carbocycles. The lowest BCUT2D eigenvalue weighted by molar-refractivity contribution is 0.925. The maximum Gasteiger partial charge on any atom is 0.155 e. The number of nitrogens with zero attached hydrogens (tertiary/aromatic N) is 4. The molecule has 4 heterocycles. The van der Waals surface area contributed by atoms with Crippen LogP contribution in [0.5, 0.6) is 0 Å². The molecule has 1 unspecified atom stereocenters. The highest BCUT2D eigenvalue weighted by atomic mass is 35.5. The van der Waals surface area contributed by atoms with Crippen molar-refractivity contribution in [2.45, 2.75) is 32.4 Å². The van der Waals surface area contributed by atoms with Crippen molar-refractivity contribution in [2.24, 2.45) is 4.99 Å². The summed E-state index contributed by atoms with van der Waals surface area (Å²) in [6, 6.07) is 9.84. The molecule has 1 atom stereocenters. The molecule has 0 saturated heterocycles. The Labute approximate surface area is 208 Å². The molecule has 6 rings (SSSR count). The van der Waals surface area contributed by atoms with Crippen LogP contribution in [0.3, 0.4) is 0 Å². The Bertz CT molecular complexity index is 1390. The molecule has 0 amide bonds. The summed E-state index contributed by atoms with van der Waals surface area (Å²) in [5.74, 6) is 0. The number of aryl methyl sites for hydroxylation is 2. The molecule has 0 bridgehead atoms. The zero-order valence-electron chi connectivity index (χ0n) is 18.7. The molecule has 4 aromatic rings. The van der Waals surface area contributed by atoms with Gasteiger partial charge in [0.05, 0.1) is 32.1 Å². The molecule has 0 radical (unpaired) electrons. The Morgan fingerprint density at radius 3 is 2.64 bits per heavy atom. The van der Waals surface area contributed by atoms with E-state index in [4.69, 9.17) is 23.2 Å². The number of imidazole rings is 1. The highest BCUT2D eigenvalue weighted by molar-refractivity contribution is 8.13. The third-order valence-electron chi connectivity index (χ3n) is 5.18. The number of thioether (sulfide) groups is 1. The predicted molar refractivity (Wildman–Crippen MR) is 143 cm³/mol. The number of fused-ring (bicyclic) bond motifs is 3. The van der Waals surface area contributed by atoms with Gasteiger partial charge in [-0.1, -0.05) is 40.9 Å². The van der Waals surface area contributed by atoms with Gasteiger partial charge in [-0.2, -0.15) is 0 Å². The van der Waals surface area contributed by atoms with Crippen molar-refractivity contribution in [2.75, 3.05) is 0 Å². The summed E-state index contributed by atoms with van der Waals surface area (Å²) in [5.41, 5.74) is 8.66. The second-order valence-corrected chi connectivity index (χ2v) is 9.88. The van der Waals surface area contributed by atoms with E-state index in [0.717, 1.165) is 27.1 Å². The van der Waals surface area contributed by atoms with Crippen LogP contribution in [-0.4, -0.2) is 25.2 Å². The van der Waals surface area contributed by atoms with E-state index in [9.17, 15) is 0 Å². The highest BCUT2D eigenvalue weighted by Gasteiger charge is 2.20. The molecule has 1 aliphatic heterocycles. The van der Waals surface area contributed by atoms with Gasteiger partial charge in [-0.15, -0.1) is 11.8 Å². The molecule has 7 heteroatoms. The Balaban J connectivity index is 0.000000118. The summed E-state index contributed by atoms with van der Waals surface area (Å²) in [6.07, 6.45) is 12.8. The Morgan fingerprint density at radius 2 is 1.79 bits per heavy atom. The largest absolute Gasteiger partial charge is 0.306 e. The average molecular weight is 495 g/mol. The van der Waals surface area contributed by atoms with Gasteiger partial charge in [-0.05, 0) is 68.7 Å². The minimum atomic E-state index is 0.630. The number of hydrogen-bond acceptors (Lipinski definition) is 4. The van der Waals surface area contributed by atoms with E-state index in [-0.39, 0.29) is 0 Å². The van der Waals surface area contributed by atoms with E-state index in [2.05, 4.69) is 40.1 Å². The first-order chi connectivity index (χ1) is 15.9. The van der Waals surface area contributed by atoms with Gasteiger partial charge in [-0.3, -0.25) is 9.98 Å². The molecule has 33 heavy (non-hydrogen) atoms. The third kappa shape index (κ3) is 5.85. The fraction of sp³-hybridized carbons (Fsp3) is 0.192. The van der Waals surface area contributed by atoms with Crippen LogP contribution in [0.15, 0.2) is 83.5 Å². The number of allylic oxidation sites excluding steroid dienone is 3. The number of rotatable bonds is 0. The molecule has 2 aliphatic rings. The number of hydrogen-bond donors (Lipinski definition) is 0. The molecular weight excluding hydrogens is 471 g/mol. The summed E-state index contributed by atoms with van der Waals surface area (Å²) < 4.78 is 1.91. The van der Waals surface area contributed by atoms with E-state index < -0.39 is 0 Å². The monoisotopic (exact) mass is 494 g/mol. The molecule has 0 spiro atoms. The van der Waals surface area contributed by atoms with Crippen molar-refractivity contribution in [3.63, 3.8) is 0 Å². The quantitative estimate of drug-likeness (QED) is 0.249. The second-order valence-electron chi connectivity index (χ2n) is 8.01. The van der Waals surface area contributed by atoms with Gasteiger partial charge in [0.1, 0.15) is 0 Å². The first-order valence-electron chi connectivity index (χ1n) is 10.6. The summed E-state index contributed by atoms with van der Waals surface area (Å²) >= 11 is 13.7. The smallest absolute Gasteiger partial charge is 0.155 e. The average Bonchev–Trinajstić information content (AvgIpc) is 3.43. The summed E-state index contributed by atoms with van der Waals surface area (Å²) in [5, 5.41) is 3.16. The Hall–Kier alpha value is -2.60. The highest BCUT2D eigenvalue weighted by Crippen LogP contribution is 2.33. The predicted octanol–water partition coefficient (Wildman–Crippen LogP) is 7.86. The number of aliphatic imine (C=N–C) groups is 1. The van der Waals surface area contributed by atoms with Crippen LogP contribution in [0.2, 0.25) is 10.0 Å². The number of pyridine rings is 2. The zero-order chi connectivity index (χ0) is 23.4. The first kappa shape index (κ1) is 23.6. The second kappa shape index (κ2) is 10.6. The van der Waals surface area contributed by atoms with E-state index in [1.807, 2.05) is 72.2 Å². The lowest BCUT2D eigenvalue weighted by Crippen LogP contribution is -2.04. The van der Waals surface area contributed by atoms with Gasteiger partial charge >= 0.3 is 0 Å². The van der Waals surface area contributed by atoms with E-state index >= 15 is 0 Å². The topological polar surface area (TPSA) is 42.5 Å². The van der Waals surface area contributed by atoms with Crippen molar-refractivity contribution >= 4 is 57.1 Å². The Kier molecular flexibility index (Phi) is 7.53. The molecule has 4 nitrogen and oxygen atoms in total. The fourth-order valence-corrected chi connectivity index (χ4v) is 5.24. The lowest BCUT2D eigenvalue weighted by atomic mass is 10.0. The normalized spacial score (nSPS) is 16.3. The van der Waals surface area contributed by atoms with Gasteiger partial charge < -0.3 is 4.40 Å². The van der Waals surface area contributed by atoms with Crippen molar-refractivity contribution in [3.8, 4) is 0 Å². The molecule has 168 valence electrons. The molecule has 1 aromatic carbocycles. The minimum Gasteiger partial charge on any atom is -0.306 e. The van der Waals surface area contributed by atoms with Crippen LogP contribution in [0.25, 0.3) is 16.6 Å². The number of halogens is 2. The van der Waals surface area contributed by atoms with Gasteiger partial charge in [-0.25, -0.2) is 4.98 Å². The summed E-state index contributed by atoms with van der Waals surface area (Å²) in [7, 11) is 0. The first-order valence-corrected chi connectivity index (χ1v) is 12.3. The van der Waals surface area contributed by atoms with Gasteiger partial charge in [0, 0.05) is 30.2 Å². The van der Waals surface area contributed by atoms with E-state index in [1.54, 1.807) is 12.4 Å². The molecule has 0 fully saturated rings. The van der Waals surface area contributed by atoms with Gasteiger partial charge in [0.15, 0.2) is 5.65 Å². The standard InChI is InChI=1S/C10H8ClN.C8H7ClN2.C8H9NS/c1-7-5-8-3-2-4-12-10(8)9(11)6-7;1-6-4-7(9)8-10-2-3-11(8)5-6;1-6-2-3-7-8(4-6)10-5-9-7/h2-6H,1H3;2-5H,1H3;2-3,5,8H,4H2,1H3. The minimum absolute atomic E-state index is 0.630. The van der Waals surface area contributed by atoms with Crippen molar-refractivity contribution in [1.82, 2.24) is 14.4 Å². The molecule has 0 N–H and O–H groups in total. The zero-order valence-corrected chi connectivity index (χ0v) is 21.0. The van der Waals surface area contributed by atoms with Crippen molar-refractivity contribution in [3.05, 3.63) is 99.7 Å². The number of aromatic nitrogens is 3.